The molecule has 0 atom stereocenters. The standard InChI is InChI=1S/C35H44FN7O3/c1-5-43(23(2)3)34(44)27-12-25(36)6-7-30(27)46-32-15-37-22-39-33(32)42-20-35(21-42)13-26(14-35)45-31-8-10-38-29-9-11-41(19-28(29)31)18-24-16-40(4)17-24/h6-8,10,12,15,22-24,26H,5,9,11,13-14,16-21H2,1-4H3. The molecule has 0 radical (unpaired) electrons. The van der Waals surface area contributed by atoms with Crippen LogP contribution in [0, 0.1) is 17.2 Å². The first-order valence-electron chi connectivity index (χ1n) is 16.6. The van der Waals surface area contributed by atoms with E-state index in [4.69, 9.17) is 9.47 Å². The van der Waals surface area contributed by atoms with Crippen molar-refractivity contribution < 1.29 is 18.7 Å². The number of anilines is 1. The number of fused-ring (bicyclic) bond motifs is 1. The van der Waals surface area contributed by atoms with Crippen molar-refractivity contribution in [2.45, 2.75) is 58.7 Å². The minimum atomic E-state index is -0.488. The van der Waals surface area contributed by atoms with Gasteiger partial charge in [-0.05, 0) is 70.8 Å². The Labute approximate surface area is 270 Å². The van der Waals surface area contributed by atoms with Crippen molar-refractivity contribution in [2.24, 2.45) is 11.3 Å². The van der Waals surface area contributed by atoms with Crippen molar-refractivity contribution in [3.8, 4) is 17.2 Å². The SMILES string of the molecule is CCN(C(=O)c1cc(F)ccc1Oc1cncnc1N1CC2(CC(Oc3ccnc4c3CN(CC3CN(C)C3)CC4)C2)C1)C(C)C. The molecule has 1 spiro atoms. The molecular formula is C35H44FN7O3. The maximum absolute atomic E-state index is 14.3. The van der Waals surface area contributed by atoms with E-state index in [1.165, 1.54) is 48.9 Å². The average molecular weight is 630 g/mol. The second kappa shape index (κ2) is 12.4. The maximum atomic E-state index is 14.3. The maximum Gasteiger partial charge on any atom is 0.257 e. The summed E-state index contributed by atoms with van der Waals surface area (Å²) in [6, 6.07) is 6.05. The van der Waals surface area contributed by atoms with Gasteiger partial charge >= 0.3 is 0 Å². The predicted octanol–water partition coefficient (Wildman–Crippen LogP) is 4.64. The van der Waals surface area contributed by atoms with Gasteiger partial charge in [-0.1, -0.05) is 0 Å². The molecule has 3 aliphatic heterocycles. The van der Waals surface area contributed by atoms with Gasteiger partial charge in [0.1, 0.15) is 29.7 Å². The Morgan fingerprint density at radius 1 is 1.13 bits per heavy atom. The summed E-state index contributed by atoms with van der Waals surface area (Å²) in [5, 5.41) is 0. The number of aromatic nitrogens is 3. The number of carbonyl (C=O) groups excluding carboxylic acids is 1. The summed E-state index contributed by atoms with van der Waals surface area (Å²) in [6.45, 7) is 13.5. The Hall–Kier alpha value is -3.83. The lowest BCUT2D eigenvalue weighted by Gasteiger charge is -2.59. The van der Waals surface area contributed by atoms with Gasteiger partial charge in [0.25, 0.3) is 5.91 Å². The lowest BCUT2D eigenvalue weighted by Crippen LogP contribution is -2.65. The van der Waals surface area contributed by atoms with E-state index in [-0.39, 0.29) is 34.8 Å². The summed E-state index contributed by atoms with van der Waals surface area (Å²) in [5.74, 6) is 2.39. The van der Waals surface area contributed by atoms with Crippen molar-refractivity contribution in [3.63, 3.8) is 0 Å². The van der Waals surface area contributed by atoms with Crippen LogP contribution in [0.4, 0.5) is 10.2 Å². The number of halogens is 1. The minimum Gasteiger partial charge on any atom is -0.490 e. The fraction of sp³-hybridized carbons (Fsp3) is 0.543. The van der Waals surface area contributed by atoms with Crippen LogP contribution in [0.25, 0.3) is 0 Å². The third kappa shape index (κ3) is 6.02. The molecule has 7 rings (SSSR count). The first-order valence-corrected chi connectivity index (χ1v) is 16.6. The number of pyridine rings is 1. The normalized spacial score (nSPS) is 19.7. The number of carbonyl (C=O) groups is 1. The van der Waals surface area contributed by atoms with Gasteiger partial charge in [-0.2, -0.15) is 0 Å². The van der Waals surface area contributed by atoms with Crippen LogP contribution in [0.15, 0.2) is 43.0 Å². The molecule has 3 aromatic rings. The average Bonchev–Trinajstić information content (AvgIpc) is 2.98. The zero-order valence-corrected chi connectivity index (χ0v) is 27.3. The second-order valence-corrected chi connectivity index (χ2v) is 13.9. The van der Waals surface area contributed by atoms with Crippen molar-refractivity contribution in [1.82, 2.24) is 29.7 Å². The number of benzene rings is 1. The summed E-state index contributed by atoms with van der Waals surface area (Å²) < 4.78 is 27.1. The highest BCUT2D eigenvalue weighted by atomic mass is 19.1. The second-order valence-electron chi connectivity index (χ2n) is 13.9. The van der Waals surface area contributed by atoms with Gasteiger partial charge in [-0.3, -0.25) is 14.7 Å². The Bertz CT molecular complexity index is 1580. The van der Waals surface area contributed by atoms with E-state index in [0.717, 1.165) is 63.7 Å². The number of hydrogen-bond acceptors (Lipinski definition) is 9. The predicted molar refractivity (Wildman–Crippen MR) is 173 cm³/mol. The lowest BCUT2D eigenvalue weighted by molar-refractivity contribution is -0.0353. The van der Waals surface area contributed by atoms with Gasteiger partial charge in [0.2, 0.25) is 0 Å². The first kappa shape index (κ1) is 30.8. The third-order valence-corrected chi connectivity index (χ3v) is 10.0. The highest BCUT2D eigenvalue weighted by Gasteiger charge is 2.54. The van der Waals surface area contributed by atoms with E-state index >= 15 is 0 Å². The Morgan fingerprint density at radius 2 is 1.93 bits per heavy atom. The van der Waals surface area contributed by atoms with Gasteiger partial charge in [0.05, 0.1) is 11.8 Å². The highest BCUT2D eigenvalue weighted by Crippen LogP contribution is 2.52. The Balaban J connectivity index is 0.981. The molecule has 5 heterocycles. The van der Waals surface area contributed by atoms with Crippen LogP contribution < -0.4 is 14.4 Å². The van der Waals surface area contributed by atoms with E-state index in [0.29, 0.717) is 18.1 Å². The molecule has 0 unspecified atom stereocenters. The highest BCUT2D eigenvalue weighted by molar-refractivity contribution is 5.97. The first-order chi connectivity index (χ1) is 22.2. The van der Waals surface area contributed by atoms with Crippen molar-refractivity contribution in [3.05, 3.63) is 65.6 Å². The fourth-order valence-electron chi connectivity index (χ4n) is 7.78. The molecular weight excluding hydrogens is 585 g/mol. The van der Waals surface area contributed by atoms with E-state index in [2.05, 4.69) is 36.7 Å². The van der Waals surface area contributed by atoms with Crippen LogP contribution in [0.5, 0.6) is 17.2 Å². The molecule has 0 bridgehead atoms. The van der Waals surface area contributed by atoms with Crippen molar-refractivity contribution in [1.29, 1.82) is 0 Å². The fourth-order valence-corrected chi connectivity index (χ4v) is 7.78. The zero-order chi connectivity index (χ0) is 32.0. The number of nitrogens with zero attached hydrogens (tertiary/aromatic N) is 7. The van der Waals surface area contributed by atoms with Crippen LogP contribution in [-0.4, -0.2) is 101 Å². The van der Waals surface area contributed by atoms with Gasteiger partial charge in [-0.25, -0.2) is 14.4 Å². The molecule has 4 aliphatic rings. The molecule has 11 heteroatoms. The molecule has 2 saturated heterocycles. The molecule has 1 aliphatic carbocycles. The number of amides is 1. The quantitative estimate of drug-likeness (QED) is 0.318. The molecule has 3 fully saturated rings. The summed E-state index contributed by atoms with van der Waals surface area (Å²) in [5.41, 5.74) is 2.80. The number of hydrogen-bond donors (Lipinski definition) is 0. The van der Waals surface area contributed by atoms with E-state index in [1.807, 2.05) is 33.0 Å². The van der Waals surface area contributed by atoms with E-state index < -0.39 is 5.82 Å². The van der Waals surface area contributed by atoms with Gasteiger partial charge in [-0.15, -0.1) is 0 Å². The van der Waals surface area contributed by atoms with Gasteiger partial charge < -0.3 is 24.2 Å². The molecule has 1 saturated carbocycles. The van der Waals surface area contributed by atoms with Crippen molar-refractivity contribution in [2.75, 3.05) is 57.8 Å². The van der Waals surface area contributed by atoms with Crippen LogP contribution in [-0.2, 0) is 13.0 Å². The minimum absolute atomic E-state index is 0.0325. The molecule has 244 valence electrons. The summed E-state index contributed by atoms with van der Waals surface area (Å²) in [4.78, 5) is 35.6. The van der Waals surface area contributed by atoms with Crippen LogP contribution in [0.3, 0.4) is 0 Å². The Kier molecular flexibility index (Phi) is 8.31. The van der Waals surface area contributed by atoms with Gasteiger partial charge in [0.15, 0.2) is 11.6 Å². The topological polar surface area (TPSA) is 87.2 Å². The van der Waals surface area contributed by atoms with Crippen molar-refractivity contribution >= 4 is 11.7 Å². The summed E-state index contributed by atoms with van der Waals surface area (Å²) in [6.07, 6.45) is 8.13. The number of rotatable bonds is 10. The Morgan fingerprint density at radius 3 is 2.67 bits per heavy atom. The molecule has 46 heavy (non-hydrogen) atoms. The smallest absolute Gasteiger partial charge is 0.257 e. The zero-order valence-electron chi connectivity index (χ0n) is 27.3. The molecule has 1 amide bonds. The van der Waals surface area contributed by atoms with E-state index in [1.54, 1.807) is 11.1 Å². The monoisotopic (exact) mass is 629 g/mol. The van der Waals surface area contributed by atoms with Crippen LogP contribution in [0.2, 0.25) is 0 Å². The van der Waals surface area contributed by atoms with Crippen LogP contribution >= 0.6 is 0 Å². The lowest BCUT2D eigenvalue weighted by atomic mass is 9.61. The summed E-state index contributed by atoms with van der Waals surface area (Å²) in [7, 11) is 2.19. The van der Waals surface area contributed by atoms with E-state index in [9.17, 15) is 9.18 Å². The van der Waals surface area contributed by atoms with Gasteiger partial charge in [0, 0.05) is 87.7 Å². The van der Waals surface area contributed by atoms with Crippen LogP contribution in [0.1, 0.15) is 55.2 Å². The number of likely N-dealkylation sites (tertiary alicyclic amines) is 1. The number of ether oxygens (including phenoxy) is 2. The molecule has 2 aromatic heterocycles. The molecule has 10 nitrogen and oxygen atoms in total. The molecule has 0 N–H and O–H groups in total. The largest absolute Gasteiger partial charge is 0.490 e. The summed E-state index contributed by atoms with van der Waals surface area (Å²) >= 11 is 0. The molecule has 1 aromatic carbocycles. The third-order valence-electron chi connectivity index (χ3n) is 10.0.